The fraction of sp³-hybridized carbons (Fsp3) is 0.800. The first-order valence-electron chi connectivity index (χ1n) is 5.22. The summed E-state index contributed by atoms with van der Waals surface area (Å²) in [4.78, 5) is 24.1. The van der Waals surface area contributed by atoms with Crippen LogP contribution < -0.4 is 5.32 Å². The molecule has 0 aromatic heterocycles. The van der Waals surface area contributed by atoms with Crippen LogP contribution in [0.5, 0.6) is 0 Å². The molecule has 4 nitrogen and oxygen atoms in total. The van der Waals surface area contributed by atoms with Crippen LogP contribution in [-0.2, 0) is 9.59 Å². The molecule has 2 aliphatic heterocycles. The molecule has 0 aromatic carbocycles. The van der Waals surface area contributed by atoms with Crippen LogP contribution in [-0.4, -0.2) is 39.4 Å². The minimum atomic E-state index is -0.302. The Morgan fingerprint density at radius 2 is 2.27 bits per heavy atom. The Balaban J connectivity index is 2.17. The number of rotatable bonds is 3. The maximum Gasteiger partial charge on any atom is 0.249 e. The van der Waals surface area contributed by atoms with Crippen molar-refractivity contribution in [2.24, 2.45) is 0 Å². The molecule has 2 heterocycles. The van der Waals surface area contributed by atoms with Gasteiger partial charge in [0.15, 0.2) is 0 Å². The molecule has 1 N–H and O–H groups in total. The maximum atomic E-state index is 11.8. The van der Waals surface area contributed by atoms with Crippen molar-refractivity contribution in [1.29, 1.82) is 0 Å². The monoisotopic (exact) mass is 228 g/mol. The van der Waals surface area contributed by atoms with Crippen LogP contribution in [0, 0.1) is 0 Å². The van der Waals surface area contributed by atoms with Crippen LogP contribution >= 0.6 is 11.8 Å². The summed E-state index contributed by atoms with van der Waals surface area (Å²) in [5.41, 5.74) is 0. The molecule has 2 saturated heterocycles. The van der Waals surface area contributed by atoms with E-state index in [0.717, 1.165) is 6.42 Å². The van der Waals surface area contributed by atoms with E-state index in [1.807, 2.05) is 4.90 Å². The second-order valence-electron chi connectivity index (χ2n) is 4.54. The summed E-state index contributed by atoms with van der Waals surface area (Å²) in [7, 11) is 0. The molecule has 84 valence electrons. The van der Waals surface area contributed by atoms with Crippen molar-refractivity contribution >= 4 is 24.1 Å². The highest BCUT2D eigenvalue weighted by atomic mass is 32.2. The smallest absolute Gasteiger partial charge is 0.249 e. The van der Waals surface area contributed by atoms with Gasteiger partial charge < -0.3 is 10.2 Å². The Bertz CT molecular complexity index is 306. The van der Waals surface area contributed by atoms with Gasteiger partial charge >= 0.3 is 0 Å². The number of nitrogens with zero attached hydrogens (tertiary/aromatic N) is 1. The van der Waals surface area contributed by atoms with Gasteiger partial charge in [-0.25, -0.2) is 0 Å². The van der Waals surface area contributed by atoms with Gasteiger partial charge in [-0.3, -0.25) is 9.59 Å². The van der Waals surface area contributed by atoms with Crippen LogP contribution in [0.15, 0.2) is 0 Å². The van der Waals surface area contributed by atoms with Crippen molar-refractivity contribution in [1.82, 2.24) is 10.2 Å². The molecular formula is C10H16N2O2S. The molecule has 2 fully saturated rings. The van der Waals surface area contributed by atoms with E-state index in [1.54, 1.807) is 11.8 Å². The van der Waals surface area contributed by atoms with Crippen LogP contribution in [0.25, 0.3) is 0 Å². The molecule has 0 aliphatic carbocycles. The predicted molar refractivity (Wildman–Crippen MR) is 59.4 cm³/mol. The minimum Gasteiger partial charge on any atom is -0.344 e. The largest absolute Gasteiger partial charge is 0.344 e. The van der Waals surface area contributed by atoms with Crippen molar-refractivity contribution in [2.75, 3.05) is 0 Å². The summed E-state index contributed by atoms with van der Waals surface area (Å²) >= 11 is 1.79. The van der Waals surface area contributed by atoms with E-state index in [-0.39, 0.29) is 22.1 Å². The minimum absolute atomic E-state index is 0.0667. The predicted octanol–water partition coefficient (Wildman–Crippen LogP) is 0.573. The third-order valence-corrected chi connectivity index (χ3v) is 4.90. The standard InChI is InChI=1S/C10H16N2O2S/c1-4-6-10(2,3)15-9-7(11-5-13)8(14)12(6)9/h5-7,9H,4H2,1-3H3,(H,11,13). The second kappa shape index (κ2) is 3.40. The van der Waals surface area contributed by atoms with E-state index in [2.05, 4.69) is 26.1 Å². The van der Waals surface area contributed by atoms with Gasteiger partial charge in [-0.1, -0.05) is 6.92 Å². The summed E-state index contributed by atoms with van der Waals surface area (Å²) in [5, 5.41) is 2.73. The normalized spacial score (nSPS) is 37.1. The number of hydrogen-bond acceptors (Lipinski definition) is 3. The van der Waals surface area contributed by atoms with Crippen molar-refractivity contribution in [3.05, 3.63) is 0 Å². The Morgan fingerprint density at radius 3 is 2.80 bits per heavy atom. The zero-order valence-corrected chi connectivity index (χ0v) is 10.0. The van der Waals surface area contributed by atoms with Crippen LogP contribution in [0.4, 0.5) is 0 Å². The molecule has 2 aliphatic rings. The van der Waals surface area contributed by atoms with Crippen molar-refractivity contribution in [2.45, 2.75) is 49.4 Å². The van der Waals surface area contributed by atoms with E-state index in [0.29, 0.717) is 12.5 Å². The summed E-state index contributed by atoms with van der Waals surface area (Å²) in [6, 6.07) is -0.00646. The lowest BCUT2D eigenvalue weighted by Gasteiger charge is -2.44. The van der Waals surface area contributed by atoms with Gasteiger partial charge in [-0.2, -0.15) is 0 Å². The molecule has 0 spiro atoms. The fourth-order valence-electron chi connectivity index (χ4n) is 2.58. The number of thioether (sulfide) groups is 1. The molecule has 3 unspecified atom stereocenters. The number of fused-ring (bicyclic) bond motifs is 1. The fourth-order valence-corrected chi connectivity index (χ4v) is 4.34. The van der Waals surface area contributed by atoms with Crippen LogP contribution in [0.1, 0.15) is 27.2 Å². The van der Waals surface area contributed by atoms with Gasteiger partial charge in [-0.15, -0.1) is 11.8 Å². The lowest BCUT2D eigenvalue weighted by molar-refractivity contribution is -0.150. The topological polar surface area (TPSA) is 49.4 Å². The highest BCUT2D eigenvalue weighted by Gasteiger charge is 2.60. The van der Waals surface area contributed by atoms with Gasteiger partial charge in [0.05, 0.1) is 0 Å². The molecule has 0 bridgehead atoms. The Labute approximate surface area is 93.8 Å². The Morgan fingerprint density at radius 1 is 1.60 bits per heavy atom. The first-order valence-corrected chi connectivity index (χ1v) is 6.10. The first kappa shape index (κ1) is 10.8. The van der Waals surface area contributed by atoms with Crippen molar-refractivity contribution < 1.29 is 9.59 Å². The third-order valence-electron chi connectivity index (χ3n) is 3.28. The molecule has 2 rings (SSSR count). The number of amides is 2. The maximum absolute atomic E-state index is 11.8. The van der Waals surface area contributed by atoms with Gasteiger partial charge in [0, 0.05) is 10.8 Å². The SMILES string of the molecule is CCC1N2C(=O)C(NC=O)C2SC1(C)C. The third kappa shape index (κ3) is 1.36. The first-order chi connectivity index (χ1) is 7.03. The van der Waals surface area contributed by atoms with Gasteiger partial charge in [0.1, 0.15) is 11.4 Å². The number of β-lactam (4-membered cyclic amide) rings is 1. The van der Waals surface area contributed by atoms with E-state index in [1.165, 1.54) is 0 Å². The zero-order chi connectivity index (χ0) is 11.2. The molecule has 0 saturated carbocycles. The quantitative estimate of drug-likeness (QED) is 0.567. The van der Waals surface area contributed by atoms with Crippen LogP contribution in [0.2, 0.25) is 0 Å². The molecule has 15 heavy (non-hydrogen) atoms. The van der Waals surface area contributed by atoms with E-state index in [4.69, 9.17) is 0 Å². The zero-order valence-electron chi connectivity index (χ0n) is 9.19. The highest BCUT2D eigenvalue weighted by molar-refractivity contribution is 8.01. The number of carbonyl (C=O) groups is 2. The summed E-state index contributed by atoms with van der Waals surface area (Å²) in [5.74, 6) is 0.0667. The molecule has 3 atom stereocenters. The lowest BCUT2D eigenvalue weighted by atomic mass is 9.94. The second-order valence-corrected chi connectivity index (χ2v) is 6.31. The van der Waals surface area contributed by atoms with Gasteiger partial charge in [0.2, 0.25) is 12.3 Å². The molecule has 5 heteroatoms. The highest BCUT2D eigenvalue weighted by Crippen LogP contribution is 2.51. The summed E-state index contributed by atoms with van der Waals surface area (Å²) in [6.07, 6.45) is 1.59. The average Bonchev–Trinajstić information content (AvgIpc) is 2.43. The number of hydrogen-bond donors (Lipinski definition) is 1. The van der Waals surface area contributed by atoms with E-state index in [9.17, 15) is 9.59 Å². The summed E-state index contributed by atoms with van der Waals surface area (Å²) < 4.78 is 0.0917. The van der Waals surface area contributed by atoms with Crippen molar-refractivity contribution in [3.63, 3.8) is 0 Å². The van der Waals surface area contributed by atoms with E-state index < -0.39 is 0 Å². The van der Waals surface area contributed by atoms with Gasteiger partial charge in [-0.05, 0) is 20.3 Å². The van der Waals surface area contributed by atoms with E-state index >= 15 is 0 Å². The Kier molecular flexibility index (Phi) is 2.45. The molecule has 2 amide bonds. The molecule has 0 radical (unpaired) electrons. The molecular weight excluding hydrogens is 212 g/mol. The lowest BCUT2D eigenvalue weighted by Crippen LogP contribution is -2.68. The Hall–Kier alpha value is -0.710. The number of carbonyl (C=O) groups excluding carboxylic acids is 2. The number of nitrogens with one attached hydrogen (secondary N) is 1. The summed E-state index contributed by atoms with van der Waals surface area (Å²) in [6.45, 7) is 6.42. The van der Waals surface area contributed by atoms with Crippen LogP contribution in [0.3, 0.4) is 0 Å². The average molecular weight is 228 g/mol. The van der Waals surface area contributed by atoms with Gasteiger partial charge in [0.25, 0.3) is 0 Å². The van der Waals surface area contributed by atoms with Crippen molar-refractivity contribution in [3.8, 4) is 0 Å². The molecule has 0 aromatic rings.